The molecule has 0 spiro atoms. The highest BCUT2D eigenvalue weighted by molar-refractivity contribution is 14.0. The molecule has 1 aromatic heterocycles. The van der Waals surface area contributed by atoms with Gasteiger partial charge in [0.15, 0.2) is 5.96 Å². The molecule has 1 heterocycles. The van der Waals surface area contributed by atoms with E-state index < -0.39 is 0 Å². The summed E-state index contributed by atoms with van der Waals surface area (Å²) in [5.74, 6) is 0.593. The fourth-order valence-corrected chi connectivity index (χ4v) is 3.21. The summed E-state index contributed by atoms with van der Waals surface area (Å²) in [6.45, 7) is 10.2. The third-order valence-corrected chi connectivity index (χ3v) is 4.84. The maximum absolute atomic E-state index is 13.1. The first-order valence-electron chi connectivity index (χ1n) is 8.19. The number of aryl methyl sites for hydroxylation is 3. The topological polar surface area (TPSA) is 49.3 Å². The number of thiazole rings is 1. The largest absolute Gasteiger partial charge is 0.357 e. The number of hydrogen-bond donors (Lipinski definition) is 2. The minimum absolute atomic E-state index is 0. The second-order valence-electron chi connectivity index (χ2n) is 5.69. The molecule has 0 unspecified atom stereocenters. The number of nitrogens with one attached hydrogen (secondary N) is 2. The van der Waals surface area contributed by atoms with Gasteiger partial charge >= 0.3 is 0 Å². The third kappa shape index (κ3) is 6.89. The average Bonchev–Trinajstić information content (AvgIpc) is 2.85. The van der Waals surface area contributed by atoms with Crippen LogP contribution in [-0.2, 0) is 13.0 Å². The van der Waals surface area contributed by atoms with Gasteiger partial charge in [-0.05, 0) is 57.4 Å². The van der Waals surface area contributed by atoms with E-state index in [4.69, 9.17) is 0 Å². The fraction of sp³-hybridized carbons (Fsp3) is 0.444. The van der Waals surface area contributed by atoms with Crippen molar-refractivity contribution < 1.29 is 4.39 Å². The lowest BCUT2D eigenvalue weighted by atomic mass is 10.1. The van der Waals surface area contributed by atoms with Crippen LogP contribution in [0.25, 0.3) is 0 Å². The molecule has 2 N–H and O–H groups in total. The molecule has 0 saturated heterocycles. The van der Waals surface area contributed by atoms with E-state index in [1.165, 1.54) is 10.9 Å². The van der Waals surface area contributed by atoms with Crippen LogP contribution in [0.5, 0.6) is 0 Å². The highest BCUT2D eigenvalue weighted by Crippen LogP contribution is 2.17. The molecular weight excluding hydrogens is 450 g/mol. The van der Waals surface area contributed by atoms with Gasteiger partial charge in [-0.2, -0.15) is 0 Å². The molecule has 0 aliphatic heterocycles. The molecule has 0 atom stereocenters. The summed E-state index contributed by atoms with van der Waals surface area (Å²) in [7, 11) is 0. The van der Waals surface area contributed by atoms with Crippen LogP contribution in [0.1, 0.15) is 33.6 Å². The first kappa shape index (κ1) is 21.8. The van der Waals surface area contributed by atoms with Crippen LogP contribution in [0, 0.1) is 26.6 Å². The highest BCUT2D eigenvalue weighted by Gasteiger charge is 2.05. The van der Waals surface area contributed by atoms with Crippen molar-refractivity contribution in [2.45, 2.75) is 40.7 Å². The summed E-state index contributed by atoms with van der Waals surface area (Å²) in [6.07, 6.45) is 0.825. The zero-order valence-corrected chi connectivity index (χ0v) is 18.3. The Morgan fingerprint density at radius 1 is 1.24 bits per heavy atom. The molecule has 0 fully saturated rings. The number of benzene rings is 1. The smallest absolute Gasteiger partial charge is 0.191 e. The molecule has 0 aliphatic rings. The predicted octanol–water partition coefficient (Wildman–Crippen LogP) is 4.12. The van der Waals surface area contributed by atoms with Crippen LogP contribution in [0.3, 0.4) is 0 Å². The molecule has 7 heteroatoms. The first-order valence-corrected chi connectivity index (χ1v) is 9.01. The van der Waals surface area contributed by atoms with Crippen LogP contribution in [0.4, 0.5) is 4.39 Å². The van der Waals surface area contributed by atoms with Crippen molar-refractivity contribution in [1.29, 1.82) is 0 Å². The Morgan fingerprint density at radius 2 is 2.00 bits per heavy atom. The van der Waals surface area contributed by atoms with Crippen LogP contribution in [0.15, 0.2) is 23.2 Å². The molecule has 1 aromatic carbocycles. The quantitative estimate of drug-likeness (QED) is 0.375. The number of aliphatic imine (C=N–C) groups is 1. The Bertz CT molecular complexity index is 696. The molecule has 25 heavy (non-hydrogen) atoms. The summed E-state index contributed by atoms with van der Waals surface area (Å²) in [6, 6.07) is 4.92. The Hall–Kier alpha value is -1.22. The van der Waals surface area contributed by atoms with E-state index >= 15 is 0 Å². The van der Waals surface area contributed by atoms with Gasteiger partial charge in [0.2, 0.25) is 0 Å². The predicted molar refractivity (Wildman–Crippen MR) is 115 cm³/mol. The van der Waals surface area contributed by atoms with Crippen molar-refractivity contribution in [3.8, 4) is 0 Å². The highest BCUT2D eigenvalue weighted by atomic mass is 127. The van der Waals surface area contributed by atoms with E-state index in [9.17, 15) is 4.39 Å². The Morgan fingerprint density at radius 3 is 2.60 bits per heavy atom. The summed E-state index contributed by atoms with van der Waals surface area (Å²) in [5.41, 5.74) is 3.20. The third-order valence-electron chi connectivity index (χ3n) is 3.78. The number of rotatable bonds is 6. The van der Waals surface area contributed by atoms with Gasteiger partial charge in [0.1, 0.15) is 10.8 Å². The minimum Gasteiger partial charge on any atom is -0.357 e. The summed E-state index contributed by atoms with van der Waals surface area (Å²) in [4.78, 5) is 10.3. The van der Waals surface area contributed by atoms with Crippen LogP contribution < -0.4 is 10.6 Å². The molecule has 2 aromatic rings. The number of hydrogen-bond acceptors (Lipinski definition) is 3. The minimum atomic E-state index is -0.187. The normalized spacial score (nSPS) is 11.2. The lowest BCUT2D eigenvalue weighted by molar-refractivity contribution is 0.625. The van der Waals surface area contributed by atoms with Gasteiger partial charge in [0.05, 0.1) is 12.2 Å². The lowest BCUT2D eigenvalue weighted by Crippen LogP contribution is -2.38. The van der Waals surface area contributed by atoms with Crippen molar-refractivity contribution in [1.82, 2.24) is 15.6 Å². The SMILES string of the molecule is CCNC(=NCc1nc(C)c(C)s1)NCCc1ccc(F)cc1C.I. The summed E-state index contributed by atoms with van der Waals surface area (Å²) >= 11 is 1.69. The summed E-state index contributed by atoms with van der Waals surface area (Å²) in [5, 5.41) is 7.59. The molecule has 0 amide bonds. The molecule has 138 valence electrons. The lowest BCUT2D eigenvalue weighted by Gasteiger charge is -2.12. The van der Waals surface area contributed by atoms with Gasteiger partial charge in [-0.1, -0.05) is 6.07 Å². The Kier molecular flexibility index (Phi) is 9.34. The van der Waals surface area contributed by atoms with Crippen LogP contribution in [-0.4, -0.2) is 24.0 Å². The fourth-order valence-electron chi connectivity index (χ4n) is 2.35. The van der Waals surface area contributed by atoms with E-state index in [2.05, 4.69) is 27.5 Å². The number of aromatic nitrogens is 1. The van der Waals surface area contributed by atoms with Crippen molar-refractivity contribution in [2.75, 3.05) is 13.1 Å². The zero-order chi connectivity index (χ0) is 17.5. The Balaban J connectivity index is 0.00000312. The molecule has 4 nitrogen and oxygen atoms in total. The van der Waals surface area contributed by atoms with Gasteiger partial charge in [-0.15, -0.1) is 35.3 Å². The maximum Gasteiger partial charge on any atom is 0.191 e. The van der Waals surface area contributed by atoms with Gasteiger partial charge in [-0.3, -0.25) is 0 Å². The van der Waals surface area contributed by atoms with Gasteiger partial charge in [0.25, 0.3) is 0 Å². The van der Waals surface area contributed by atoms with Crippen molar-refractivity contribution in [3.63, 3.8) is 0 Å². The molecule has 0 aliphatic carbocycles. The zero-order valence-electron chi connectivity index (χ0n) is 15.1. The van der Waals surface area contributed by atoms with Crippen LogP contribution >= 0.6 is 35.3 Å². The van der Waals surface area contributed by atoms with Crippen molar-refractivity contribution in [2.24, 2.45) is 4.99 Å². The van der Waals surface area contributed by atoms with Gasteiger partial charge < -0.3 is 10.6 Å². The second kappa shape index (κ2) is 10.7. The molecule has 2 rings (SSSR count). The van der Waals surface area contributed by atoms with Crippen molar-refractivity contribution >= 4 is 41.3 Å². The standard InChI is InChI=1S/C18H25FN4S.HI/c1-5-20-18(22-11-17-23-13(3)14(4)24-17)21-9-8-15-6-7-16(19)10-12(15)2;/h6-7,10H,5,8-9,11H2,1-4H3,(H2,20,21,22);1H. The van der Waals surface area contributed by atoms with E-state index in [0.717, 1.165) is 47.3 Å². The second-order valence-corrected chi connectivity index (χ2v) is 6.98. The van der Waals surface area contributed by atoms with Crippen LogP contribution in [0.2, 0.25) is 0 Å². The van der Waals surface area contributed by atoms with Crippen molar-refractivity contribution in [3.05, 3.63) is 50.7 Å². The Labute approximate surface area is 170 Å². The van der Waals surface area contributed by atoms with E-state index in [0.29, 0.717) is 6.54 Å². The van der Waals surface area contributed by atoms with Gasteiger partial charge in [-0.25, -0.2) is 14.4 Å². The maximum atomic E-state index is 13.1. The number of guanidine groups is 1. The molecule has 0 radical (unpaired) electrons. The van der Waals surface area contributed by atoms with E-state index in [-0.39, 0.29) is 29.8 Å². The number of nitrogens with zero attached hydrogens (tertiary/aromatic N) is 2. The number of halogens is 2. The summed E-state index contributed by atoms with van der Waals surface area (Å²) < 4.78 is 13.1. The molecular formula is C18H26FIN4S. The average molecular weight is 476 g/mol. The molecule has 0 bridgehead atoms. The van der Waals surface area contributed by atoms with Gasteiger partial charge in [0, 0.05) is 18.0 Å². The monoisotopic (exact) mass is 476 g/mol. The molecule has 0 saturated carbocycles. The van der Waals surface area contributed by atoms with E-state index in [1.54, 1.807) is 17.4 Å². The van der Waals surface area contributed by atoms with E-state index in [1.807, 2.05) is 26.8 Å². The first-order chi connectivity index (χ1) is 11.5.